The Bertz CT molecular complexity index is 1590. The average Bonchev–Trinajstić information content (AvgIpc) is 3.15. The van der Waals surface area contributed by atoms with Crippen LogP contribution in [0.3, 0.4) is 0 Å². The molecule has 0 amide bonds. The maximum Gasteiger partial charge on any atom is 0.335 e. The molecule has 0 aliphatic heterocycles. The Morgan fingerprint density at radius 1 is 0.820 bits per heavy atom. The van der Waals surface area contributed by atoms with Crippen molar-refractivity contribution in [2.24, 2.45) is 17.8 Å². The number of aryl methyl sites for hydroxylation is 3. The number of esters is 2. The second-order valence-corrected chi connectivity index (χ2v) is 14.8. The summed E-state index contributed by atoms with van der Waals surface area (Å²) in [5.74, 6) is 0.834. The van der Waals surface area contributed by atoms with Gasteiger partial charge in [-0.3, -0.25) is 0 Å². The van der Waals surface area contributed by atoms with Crippen LogP contribution in [0.1, 0.15) is 98.9 Å². The first-order valence-electron chi connectivity index (χ1n) is 18.8. The summed E-state index contributed by atoms with van der Waals surface area (Å²) in [7, 11) is 0. The molecule has 266 valence electrons. The zero-order valence-corrected chi connectivity index (χ0v) is 30.3. The van der Waals surface area contributed by atoms with Crippen LogP contribution in [0.2, 0.25) is 0 Å². The molecule has 2 aliphatic rings. The third-order valence-electron chi connectivity index (χ3n) is 11.1. The first kappa shape index (κ1) is 37.3. The van der Waals surface area contributed by atoms with Gasteiger partial charge in [0.1, 0.15) is 0 Å². The number of ether oxygens (including phenoxy) is 2. The van der Waals surface area contributed by atoms with E-state index in [4.69, 9.17) is 14.6 Å². The molecule has 5 rings (SSSR count). The number of hydrogen-bond acceptors (Lipinski definition) is 5. The van der Waals surface area contributed by atoms with E-state index in [-0.39, 0.29) is 24.1 Å². The van der Waals surface area contributed by atoms with Crippen molar-refractivity contribution in [1.29, 1.82) is 0 Å². The van der Waals surface area contributed by atoms with Gasteiger partial charge < -0.3 is 14.6 Å². The Morgan fingerprint density at radius 2 is 1.50 bits per heavy atom. The maximum absolute atomic E-state index is 12.1. The minimum atomic E-state index is -0.581. The van der Waals surface area contributed by atoms with Crippen LogP contribution in [0.4, 0.5) is 0 Å². The van der Waals surface area contributed by atoms with Crippen LogP contribution in [0.15, 0.2) is 91.0 Å². The molecule has 3 aromatic rings. The zero-order valence-electron chi connectivity index (χ0n) is 30.3. The van der Waals surface area contributed by atoms with E-state index in [1.807, 2.05) is 0 Å². The van der Waals surface area contributed by atoms with E-state index < -0.39 is 12.6 Å². The fraction of sp³-hybridized carbons (Fsp3) is 0.467. The van der Waals surface area contributed by atoms with Gasteiger partial charge in [-0.1, -0.05) is 106 Å². The van der Waals surface area contributed by atoms with Crippen molar-refractivity contribution in [3.63, 3.8) is 0 Å². The van der Waals surface area contributed by atoms with Crippen LogP contribution in [0.25, 0.3) is 11.1 Å². The highest BCUT2D eigenvalue weighted by atomic mass is 16.5. The van der Waals surface area contributed by atoms with Gasteiger partial charge in [0.15, 0.2) is 0 Å². The molecule has 3 aromatic carbocycles. The molecule has 2 atom stereocenters. The highest BCUT2D eigenvalue weighted by Gasteiger charge is 2.29. The number of rotatable bonds is 16. The fourth-order valence-corrected chi connectivity index (χ4v) is 7.88. The van der Waals surface area contributed by atoms with E-state index in [1.165, 1.54) is 58.2 Å². The standard InChI is InChI=1S/C45H56O5/c1-5-6-33-9-15-36(16-10-33)39-21-23-42-28-40(22-24-41(42)27-39)37-17-11-34(12-18-37)7-8-35-13-19-38(20-14-35)43(30-50-44(47)31(2)3)25-26-49-45(48)32(4)29-46/h9-12,15-18,22,24,28,35,38-39,43,46H,2,4-8,13-14,19-21,23,25-27,29-30H2,1,3H3. The molecule has 5 nitrogen and oxygen atoms in total. The highest BCUT2D eigenvalue weighted by Crippen LogP contribution is 2.38. The number of benzene rings is 3. The smallest absolute Gasteiger partial charge is 0.335 e. The lowest BCUT2D eigenvalue weighted by molar-refractivity contribution is -0.144. The Labute approximate surface area is 299 Å². The average molecular weight is 677 g/mol. The molecule has 2 unspecified atom stereocenters. The summed E-state index contributed by atoms with van der Waals surface area (Å²) >= 11 is 0. The lowest BCUT2D eigenvalue weighted by atomic mass is 9.73. The van der Waals surface area contributed by atoms with Crippen LogP contribution in [0, 0.1) is 17.8 Å². The molecule has 5 heteroatoms. The summed E-state index contributed by atoms with van der Waals surface area (Å²) in [6, 6.07) is 25.6. The summed E-state index contributed by atoms with van der Waals surface area (Å²) < 4.78 is 10.9. The minimum Gasteiger partial charge on any atom is -0.462 e. The number of aliphatic hydroxyl groups excluding tert-OH is 1. The second kappa shape index (κ2) is 18.3. The molecular formula is C45H56O5. The lowest BCUT2D eigenvalue weighted by Gasteiger charge is -2.34. The monoisotopic (exact) mass is 676 g/mol. The van der Waals surface area contributed by atoms with Gasteiger partial charge in [-0.2, -0.15) is 0 Å². The normalized spacial score (nSPS) is 19.2. The largest absolute Gasteiger partial charge is 0.462 e. The second-order valence-electron chi connectivity index (χ2n) is 14.8. The molecule has 2 aliphatic carbocycles. The van der Waals surface area contributed by atoms with Crippen molar-refractivity contribution in [2.45, 2.75) is 96.8 Å². The van der Waals surface area contributed by atoms with Crippen molar-refractivity contribution < 1.29 is 24.2 Å². The quantitative estimate of drug-likeness (QED) is 0.121. The molecule has 0 saturated heterocycles. The molecule has 0 bridgehead atoms. The van der Waals surface area contributed by atoms with Crippen molar-refractivity contribution in [1.82, 2.24) is 0 Å². The molecule has 1 fully saturated rings. The van der Waals surface area contributed by atoms with Crippen molar-refractivity contribution in [2.75, 3.05) is 19.8 Å². The Kier molecular flexibility index (Phi) is 13.7. The summed E-state index contributed by atoms with van der Waals surface area (Å²) in [6.07, 6.45) is 13.1. The summed E-state index contributed by atoms with van der Waals surface area (Å²) in [4.78, 5) is 24.1. The Morgan fingerprint density at radius 3 is 2.18 bits per heavy atom. The Balaban J connectivity index is 1.09. The highest BCUT2D eigenvalue weighted by molar-refractivity contribution is 5.88. The van der Waals surface area contributed by atoms with Gasteiger partial charge in [-0.15, -0.1) is 0 Å². The molecule has 1 N–H and O–H groups in total. The fourth-order valence-electron chi connectivity index (χ4n) is 7.88. The zero-order chi connectivity index (χ0) is 35.5. The Hall–Kier alpha value is -3.96. The van der Waals surface area contributed by atoms with Gasteiger partial charge in [0, 0.05) is 5.57 Å². The molecule has 0 heterocycles. The number of fused-ring (bicyclic) bond motifs is 1. The molecule has 0 spiro atoms. The summed E-state index contributed by atoms with van der Waals surface area (Å²) in [5.41, 5.74) is 10.3. The van der Waals surface area contributed by atoms with Crippen LogP contribution < -0.4 is 0 Å². The lowest BCUT2D eigenvalue weighted by Crippen LogP contribution is -2.28. The van der Waals surface area contributed by atoms with Gasteiger partial charge in [0.25, 0.3) is 0 Å². The van der Waals surface area contributed by atoms with Crippen molar-refractivity contribution in [3.05, 3.63) is 119 Å². The van der Waals surface area contributed by atoms with Crippen molar-refractivity contribution >= 4 is 11.9 Å². The third-order valence-corrected chi connectivity index (χ3v) is 11.1. The molecule has 1 saturated carbocycles. The molecular weight excluding hydrogens is 620 g/mol. The van der Waals surface area contributed by atoms with E-state index in [0.29, 0.717) is 36.4 Å². The SMILES string of the molecule is C=C(C)C(=O)OCC(CCOC(=O)C(=C)CO)C1CCC(CCc2ccc(-c3ccc4c(c3)CCC(c3ccc(CCC)cc3)C4)cc2)CC1. The number of hydrogen-bond donors (Lipinski definition) is 1. The van der Waals surface area contributed by atoms with Gasteiger partial charge >= 0.3 is 11.9 Å². The van der Waals surface area contributed by atoms with Gasteiger partial charge in [0.05, 0.1) is 25.4 Å². The summed E-state index contributed by atoms with van der Waals surface area (Å²) in [6.45, 7) is 11.2. The topological polar surface area (TPSA) is 72.8 Å². The van der Waals surface area contributed by atoms with Crippen molar-refractivity contribution in [3.8, 4) is 11.1 Å². The van der Waals surface area contributed by atoms with Crippen LogP contribution in [-0.2, 0) is 44.7 Å². The molecule has 0 aromatic heterocycles. The van der Waals surface area contributed by atoms with Gasteiger partial charge in [-0.25, -0.2) is 9.59 Å². The van der Waals surface area contributed by atoms with Gasteiger partial charge in [-0.05, 0) is 127 Å². The number of carbonyl (C=O) groups excluding carboxylic acids is 2. The van der Waals surface area contributed by atoms with E-state index in [9.17, 15) is 9.59 Å². The van der Waals surface area contributed by atoms with Gasteiger partial charge in [0.2, 0.25) is 0 Å². The third kappa shape index (κ3) is 10.3. The molecule has 50 heavy (non-hydrogen) atoms. The van der Waals surface area contributed by atoms with Crippen LogP contribution in [0.5, 0.6) is 0 Å². The van der Waals surface area contributed by atoms with E-state index in [2.05, 4.69) is 86.8 Å². The van der Waals surface area contributed by atoms with E-state index in [0.717, 1.165) is 51.4 Å². The van der Waals surface area contributed by atoms with E-state index >= 15 is 0 Å². The molecule has 0 radical (unpaired) electrons. The predicted octanol–water partition coefficient (Wildman–Crippen LogP) is 9.53. The number of carbonyl (C=O) groups is 2. The first-order chi connectivity index (χ1) is 24.2. The van der Waals surface area contributed by atoms with Crippen LogP contribution in [-0.4, -0.2) is 36.9 Å². The van der Waals surface area contributed by atoms with E-state index in [1.54, 1.807) is 6.92 Å². The number of aliphatic hydroxyl groups is 1. The summed E-state index contributed by atoms with van der Waals surface area (Å²) in [5, 5.41) is 9.14. The predicted molar refractivity (Wildman–Crippen MR) is 202 cm³/mol. The van der Waals surface area contributed by atoms with Crippen LogP contribution >= 0.6 is 0 Å². The maximum atomic E-state index is 12.1. The first-order valence-corrected chi connectivity index (χ1v) is 18.8. The minimum absolute atomic E-state index is 0.0435.